The average Bonchev–Trinajstić information content (AvgIpc) is 2.87. The summed E-state index contributed by atoms with van der Waals surface area (Å²) in [5.74, 6) is 0.885. The van der Waals surface area contributed by atoms with Gasteiger partial charge in [-0.15, -0.1) is 0 Å². The fraction of sp³-hybridized carbons (Fsp3) is 0.267. The van der Waals surface area contributed by atoms with Crippen LogP contribution in [0.3, 0.4) is 0 Å². The Kier molecular flexibility index (Phi) is 6.27. The van der Waals surface area contributed by atoms with Crippen molar-refractivity contribution >= 4 is 33.5 Å². The summed E-state index contributed by atoms with van der Waals surface area (Å²) < 4.78 is 22.0. The summed E-state index contributed by atoms with van der Waals surface area (Å²) in [4.78, 5) is 23.9. The minimum absolute atomic E-state index is 0.133. The Balaban J connectivity index is 0.000000148. The predicted octanol–water partition coefficient (Wildman–Crippen LogP) is 6.74. The highest BCUT2D eigenvalue weighted by molar-refractivity contribution is 6.00. The van der Waals surface area contributed by atoms with Crippen LogP contribution in [-0.4, -0.2) is 24.5 Å². The maximum absolute atomic E-state index is 11.9. The lowest BCUT2D eigenvalue weighted by Gasteiger charge is -2.28. The molecule has 6 nitrogen and oxygen atoms in total. The second-order valence-electron chi connectivity index (χ2n) is 9.66. The Morgan fingerprint density at radius 3 is 1.19 bits per heavy atom. The van der Waals surface area contributed by atoms with Crippen LogP contribution in [0, 0.1) is 11.8 Å². The highest BCUT2D eigenvalue weighted by atomic mass is 16.7. The Hall–Kier alpha value is -4.06. The lowest BCUT2D eigenvalue weighted by molar-refractivity contribution is -0.0844. The largest absolute Gasteiger partial charge is 0.454 e. The molecule has 0 radical (unpaired) electrons. The molecule has 0 bridgehead atoms. The van der Waals surface area contributed by atoms with Gasteiger partial charge in [0.25, 0.3) is 0 Å². The number of rotatable bonds is 2. The van der Waals surface area contributed by atoms with Crippen molar-refractivity contribution in [3.63, 3.8) is 0 Å². The van der Waals surface area contributed by atoms with Crippen molar-refractivity contribution in [1.82, 2.24) is 0 Å². The van der Waals surface area contributed by atoms with E-state index in [2.05, 4.69) is 0 Å². The molecule has 0 saturated carbocycles. The number of fused-ring (bicyclic) bond motifs is 4. The molecule has 0 spiro atoms. The number of carbonyl (C=O) groups excluding carboxylic acids is 2. The summed E-state index contributed by atoms with van der Waals surface area (Å²) >= 11 is 0. The molecule has 0 N–H and O–H groups in total. The van der Waals surface area contributed by atoms with E-state index < -0.39 is 12.6 Å². The summed E-state index contributed by atoms with van der Waals surface area (Å²) in [5, 5.41) is 4.15. The molecule has 4 aromatic rings. The average molecular weight is 485 g/mol. The van der Waals surface area contributed by atoms with Gasteiger partial charge in [-0.25, -0.2) is 9.59 Å². The zero-order valence-electron chi connectivity index (χ0n) is 20.7. The lowest BCUT2D eigenvalue weighted by atomic mass is 10.0. The maximum Gasteiger partial charge on any atom is 0.345 e. The van der Waals surface area contributed by atoms with Crippen LogP contribution in [0.5, 0.6) is 11.5 Å². The van der Waals surface area contributed by atoms with Crippen molar-refractivity contribution in [2.75, 3.05) is 0 Å². The zero-order valence-corrected chi connectivity index (χ0v) is 20.7. The van der Waals surface area contributed by atoms with Crippen molar-refractivity contribution in [2.45, 2.75) is 40.3 Å². The third-order valence-corrected chi connectivity index (χ3v) is 6.16. The maximum atomic E-state index is 11.9. The first kappa shape index (κ1) is 23.7. The fourth-order valence-corrected chi connectivity index (χ4v) is 4.13. The Morgan fingerprint density at radius 2 is 0.861 bits per heavy atom. The van der Waals surface area contributed by atoms with Crippen molar-refractivity contribution in [3.8, 4) is 11.5 Å². The molecule has 0 aliphatic carbocycles. The van der Waals surface area contributed by atoms with Crippen LogP contribution in [0.1, 0.15) is 48.4 Å². The monoisotopic (exact) mass is 484 g/mol. The molecule has 4 aromatic carbocycles. The Bertz CT molecular complexity index is 1340. The molecule has 2 atom stereocenters. The van der Waals surface area contributed by atoms with E-state index in [1.807, 2.05) is 100 Å². The van der Waals surface area contributed by atoms with Gasteiger partial charge in [0.15, 0.2) is 0 Å². The van der Waals surface area contributed by atoms with Crippen molar-refractivity contribution < 1.29 is 28.5 Å². The molecular formula is C30H28O6. The van der Waals surface area contributed by atoms with E-state index in [0.29, 0.717) is 22.6 Å². The van der Waals surface area contributed by atoms with E-state index in [1.54, 1.807) is 0 Å². The summed E-state index contributed by atoms with van der Waals surface area (Å²) in [5.41, 5.74) is 1.01. The number of esters is 2. The van der Waals surface area contributed by atoms with Crippen LogP contribution in [0.4, 0.5) is 0 Å². The van der Waals surface area contributed by atoms with Gasteiger partial charge in [-0.3, -0.25) is 0 Å². The normalized spacial score (nSPS) is 18.4. The molecule has 2 aliphatic rings. The van der Waals surface area contributed by atoms with E-state index in [4.69, 9.17) is 18.9 Å². The van der Waals surface area contributed by atoms with Crippen LogP contribution >= 0.6 is 0 Å². The fourth-order valence-electron chi connectivity index (χ4n) is 4.13. The highest BCUT2D eigenvalue weighted by Gasteiger charge is 2.31. The number of carbonyl (C=O) groups is 2. The molecule has 6 heteroatoms. The summed E-state index contributed by atoms with van der Waals surface area (Å²) in [6.07, 6.45) is -0.989. The molecule has 0 fully saturated rings. The first-order valence-corrected chi connectivity index (χ1v) is 12.1. The molecule has 2 heterocycles. The molecule has 0 aromatic heterocycles. The third-order valence-electron chi connectivity index (χ3n) is 6.16. The van der Waals surface area contributed by atoms with Gasteiger partial charge in [0, 0.05) is 11.8 Å². The SMILES string of the molecule is CC(C)[C@@H]1OC(=O)c2cc3ccccc3cc2O1.CC(C)[C@H]1OC(=O)c2cc3ccccc3cc2O1. The van der Waals surface area contributed by atoms with E-state index in [0.717, 1.165) is 21.5 Å². The van der Waals surface area contributed by atoms with E-state index in [-0.39, 0.29) is 23.8 Å². The number of cyclic esters (lactones) is 2. The van der Waals surface area contributed by atoms with Gasteiger partial charge in [0.2, 0.25) is 12.6 Å². The number of hydrogen-bond acceptors (Lipinski definition) is 6. The second-order valence-corrected chi connectivity index (χ2v) is 9.66. The Labute approximate surface area is 209 Å². The van der Waals surface area contributed by atoms with Crippen LogP contribution < -0.4 is 9.47 Å². The van der Waals surface area contributed by atoms with Gasteiger partial charge in [-0.2, -0.15) is 0 Å². The van der Waals surface area contributed by atoms with Gasteiger partial charge >= 0.3 is 11.9 Å². The third kappa shape index (κ3) is 4.59. The van der Waals surface area contributed by atoms with Gasteiger partial charge in [-0.1, -0.05) is 76.2 Å². The summed E-state index contributed by atoms with van der Waals surface area (Å²) in [6, 6.07) is 23.2. The molecular weight excluding hydrogens is 456 g/mol. The molecule has 184 valence electrons. The summed E-state index contributed by atoms with van der Waals surface area (Å²) in [6.45, 7) is 7.85. The van der Waals surface area contributed by atoms with Crippen molar-refractivity contribution in [1.29, 1.82) is 0 Å². The molecule has 0 saturated heterocycles. The standard InChI is InChI=1S/2C15H14O3/c2*1-9(2)15-17-13-8-11-6-4-3-5-10(11)7-12(13)14(16)18-15/h2*3-9,15H,1-2H3/t2*15-/m10/s1. The number of hydrogen-bond donors (Lipinski definition) is 0. The minimum Gasteiger partial charge on any atom is -0.454 e. The Morgan fingerprint density at radius 1 is 0.528 bits per heavy atom. The summed E-state index contributed by atoms with van der Waals surface area (Å²) in [7, 11) is 0. The second kappa shape index (κ2) is 9.53. The van der Waals surface area contributed by atoms with Crippen LogP contribution in [0.15, 0.2) is 72.8 Å². The molecule has 36 heavy (non-hydrogen) atoms. The minimum atomic E-state index is -0.494. The van der Waals surface area contributed by atoms with E-state index in [1.165, 1.54) is 0 Å². The molecule has 2 aliphatic heterocycles. The highest BCUT2D eigenvalue weighted by Crippen LogP contribution is 2.33. The van der Waals surface area contributed by atoms with Gasteiger partial charge in [0.05, 0.1) is 0 Å². The first-order valence-electron chi connectivity index (χ1n) is 12.1. The molecule has 0 unspecified atom stereocenters. The van der Waals surface area contributed by atoms with Crippen molar-refractivity contribution in [3.05, 3.63) is 83.9 Å². The van der Waals surface area contributed by atoms with Gasteiger partial charge in [-0.05, 0) is 45.8 Å². The smallest absolute Gasteiger partial charge is 0.345 e. The van der Waals surface area contributed by atoms with Crippen LogP contribution in [0.2, 0.25) is 0 Å². The van der Waals surface area contributed by atoms with Crippen molar-refractivity contribution in [2.24, 2.45) is 11.8 Å². The quantitative estimate of drug-likeness (QED) is 0.293. The zero-order chi connectivity index (χ0) is 25.4. The topological polar surface area (TPSA) is 71.1 Å². The lowest BCUT2D eigenvalue weighted by Crippen LogP contribution is -2.34. The van der Waals surface area contributed by atoms with Gasteiger partial charge < -0.3 is 18.9 Å². The first-order chi connectivity index (χ1) is 17.3. The van der Waals surface area contributed by atoms with E-state index >= 15 is 0 Å². The van der Waals surface area contributed by atoms with Gasteiger partial charge in [0.1, 0.15) is 22.6 Å². The number of benzene rings is 4. The number of ether oxygens (including phenoxy) is 4. The molecule has 6 rings (SSSR count). The van der Waals surface area contributed by atoms with Crippen LogP contribution in [-0.2, 0) is 9.47 Å². The molecule has 0 amide bonds. The van der Waals surface area contributed by atoms with E-state index in [9.17, 15) is 9.59 Å². The van der Waals surface area contributed by atoms with Crippen LogP contribution in [0.25, 0.3) is 21.5 Å². The predicted molar refractivity (Wildman–Crippen MR) is 137 cm³/mol.